The molecule has 0 aromatic heterocycles. The Morgan fingerprint density at radius 1 is 0.938 bits per heavy atom. The fraction of sp³-hybridized carbons (Fsp3) is 0.600. The Labute approximate surface area is 100 Å². The predicted octanol–water partition coefficient (Wildman–Crippen LogP) is 3.65. The minimum absolute atomic E-state index is 1.04. The Kier molecular flexibility index (Phi) is 5.54. The largest absolute Gasteiger partial charge is 0.305 e. The van der Waals surface area contributed by atoms with Gasteiger partial charge in [-0.25, -0.2) is 0 Å². The Balaban J connectivity index is 2.87. The highest BCUT2D eigenvalue weighted by molar-refractivity contribution is 5.32. The van der Waals surface area contributed by atoms with Gasteiger partial charge in [0.25, 0.3) is 0 Å². The van der Waals surface area contributed by atoms with Crippen molar-refractivity contribution in [2.24, 2.45) is 0 Å². The van der Waals surface area contributed by atoms with Crippen LogP contribution in [0.5, 0.6) is 0 Å². The van der Waals surface area contributed by atoms with Crippen molar-refractivity contribution >= 4 is 0 Å². The zero-order chi connectivity index (χ0) is 12.0. The average molecular weight is 219 g/mol. The van der Waals surface area contributed by atoms with Crippen LogP contribution in [0.15, 0.2) is 18.2 Å². The highest BCUT2D eigenvalue weighted by atomic mass is 15.0. The van der Waals surface area contributed by atoms with E-state index in [0.29, 0.717) is 0 Å². The summed E-state index contributed by atoms with van der Waals surface area (Å²) >= 11 is 0. The van der Waals surface area contributed by atoms with E-state index in [2.05, 4.69) is 51.0 Å². The van der Waals surface area contributed by atoms with Crippen molar-refractivity contribution in [2.45, 2.75) is 46.1 Å². The molecule has 0 saturated heterocycles. The fourth-order valence-corrected chi connectivity index (χ4v) is 2.16. The van der Waals surface area contributed by atoms with Crippen LogP contribution in [-0.2, 0) is 19.4 Å². The number of hydrogen-bond donors (Lipinski definition) is 0. The van der Waals surface area contributed by atoms with Crippen molar-refractivity contribution in [1.29, 1.82) is 0 Å². The predicted molar refractivity (Wildman–Crippen MR) is 71.8 cm³/mol. The average Bonchev–Trinajstić information content (AvgIpc) is 2.21. The summed E-state index contributed by atoms with van der Waals surface area (Å²) in [5, 5.41) is 0. The molecule has 1 aromatic carbocycles. The van der Waals surface area contributed by atoms with Crippen LogP contribution < -0.4 is 0 Å². The van der Waals surface area contributed by atoms with Gasteiger partial charge in [0, 0.05) is 6.54 Å². The molecule has 0 amide bonds. The maximum atomic E-state index is 2.40. The normalized spacial score (nSPS) is 11.1. The maximum absolute atomic E-state index is 2.40. The molecule has 0 heterocycles. The van der Waals surface area contributed by atoms with E-state index in [1.165, 1.54) is 31.2 Å². The van der Waals surface area contributed by atoms with Gasteiger partial charge < -0.3 is 4.90 Å². The molecule has 0 saturated carbocycles. The van der Waals surface area contributed by atoms with Gasteiger partial charge in [-0.05, 0) is 43.6 Å². The molecule has 0 spiro atoms. The van der Waals surface area contributed by atoms with Gasteiger partial charge in [-0.2, -0.15) is 0 Å². The van der Waals surface area contributed by atoms with Crippen molar-refractivity contribution in [2.75, 3.05) is 14.1 Å². The molecule has 1 aromatic rings. The Morgan fingerprint density at radius 3 is 2.12 bits per heavy atom. The van der Waals surface area contributed by atoms with Crippen LogP contribution in [0.25, 0.3) is 0 Å². The number of nitrogens with zero attached hydrogens (tertiary/aromatic N) is 1. The van der Waals surface area contributed by atoms with Crippen molar-refractivity contribution < 1.29 is 0 Å². The molecule has 0 aliphatic heterocycles. The molecule has 0 unspecified atom stereocenters. The third-order valence-corrected chi connectivity index (χ3v) is 2.81. The zero-order valence-corrected chi connectivity index (χ0v) is 11.2. The molecule has 1 nitrogen and oxygen atoms in total. The first-order valence-corrected chi connectivity index (χ1v) is 6.42. The second-order valence-corrected chi connectivity index (χ2v) is 4.84. The van der Waals surface area contributed by atoms with Crippen LogP contribution in [0.1, 0.15) is 43.4 Å². The molecular weight excluding hydrogens is 194 g/mol. The van der Waals surface area contributed by atoms with E-state index in [1.54, 1.807) is 11.1 Å². The smallest absolute Gasteiger partial charge is 0.0227 e. The van der Waals surface area contributed by atoms with Gasteiger partial charge in [-0.1, -0.05) is 44.9 Å². The molecule has 90 valence electrons. The van der Waals surface area contributed by atoms with Crippen LogP contribution in [-0.4, -0.2) is 19.0 Å². The summed E-state index contributed by atoms with van der Waals surface area (Å²) in [6.45, 7) is 5.56. The minimum Gasteiger partial charge on any atom is -0.305 e. The monoisotopic (exact) mass is 219 g/mol. The van der Waals surface area contributed by atoms with Crippen molar-refractivity contribution in [3.05, 3.63) is 34.9 Å². The zero-order valence-electron chi connectivity index (χ0n) is 11.2. The molecule has 0 aliphatic rings. The van der Waals surface area contributed by atoms with Crippen LogP contribution in [0.2, 0.25) is 0 Å². The molecule has 0 atom stereocenters. The highest BCUT2D eigenvalue weighted by Crippen LogP contribution is 2.16. The lowest BCUT2D eigenvalue weighted by Crippen LogP contribution is -2.11. The van der Waals surface area contributed by atoms with Gasteiger partial charge in [0.05, 0.1) is 0 Å². The lowest BCUT2D eigenvalue weighted by molar-refractivity contribution is 0.402. The fourth-order valence-electron chi connectivity index (χ4n) is 2.16. The van der Waals surface area contributed by atoms with Crippen LogP contribution in [0.4, 0.5) is 0 Å². The Bertz CT molecular complexity index is 315. The molecule has 0 N–H and O–H groups in total. The Hall–Kier alpha value is -0.820. The summed E-state index contributed by atoms with van der Waals surface area (Å²) in [5.74, 6) is 0. The van der Waals surface area contributed by atoms with Crippen molar-refractivity contribution in [3.63, 3.8) is 0 Å². The van der Waals surface area contributed by atoms with Crippen LogP contribution >= 0.6 is 0 Å². The number of hydrogen-bond acceptors (Lipinski definition) is 1. The second kappa shape index (κ2) is 6.70. The highest BCUT2D eigenvalue weighted by Gasteiger charge is 2.03. The van der Waals surface area contributed by atoms with Gasteiger partial charge in [-0.15, -0.1) is 0 Å². The molecule has 16 heavy (non-hydrogen) atoms. The van der Waals surface area contributed by atoms with E-state index >= 15 is 0 Å². The summed E-state index contributed by atoms with van der Waals surface area (Å²) in [6, 6.07) is 7.01. The molecule has 0 fully saturated rings. The van der Waals surface area contributed by atoms with E-state index in [4.69, 9.17) is 0 Å². The quantitative estimate of drug-likeness (QED) is 0.706. The Morgan fingerprint density at radius 2 is 1.56 bits per heavy atom. The number of rotatable bonds is 6. The molecular formula is C15H25N. The van der Waals surface area contributed by atoms with Crippen molar-refractivity contribution in [3.8, 4) is 0 Å². The lowest BCUT2D eigenvalue weighted by atomic mass is 9.97. The first-order chi connectivity index (χ1) is 7.67. The van der Waals surface area contributed by atoms with Gasteiger partial charge in [0.2, 0.25) is 0 Å². The summed E-state index contributed by atoms with van der Waals surface area (Å²) < 4.78 is 0. The topological polar surface area (TPSA) is 3.24 Å². The third-order valence-electron chi connectivity index (χ3n) is 2.81. The van der Waals surface area contributed by atoms with Crippen LogP contribution in [0, 0.1) is 0 Å². The van der Waals surface area contributed by atoms with Crippen molar-refractivity contribution in [1.82, 2.24) is 4.90 Å². The summed E-state index contributed by atoms with van der Waals surface area (Å²) in [4.78, 5) is 2.23. The lowest BCUT2D eigenvalue weighted by Gasteiger charge is -2.14. The molecule has 0 aliphatic carbocycles. The molecule has 1 heteroatoms. The minimum atomic E-state index is 1.04. The van der Waals surface area contributed by atoms with Gasteiger partial charge in [0.15, 0.2) is 0 Å². The summed E-state index contributed by atoms with van der Waals surface area (Å²) in [6.07, 6.45) is 4.92. The van der Waals surface area contributed by atoms with E-state index in [9.17, 15) is 0 Å². The third kappa shape index (κ3) is 3.97. The van der Waals surface area contributed by atoms with Gasteiger partial charge in [-0.3, -0.25) is 0 Å². The van der Waals surface area contributed by atoms with E-state index in [-0.39, 0.29) is 0 Å². The molecule has 0 bridgehead atoms. The van der Waals surface area contributed by atoms with Gasteiger partial charge >= 0.3 is 0 Å². The standard InChI is InChI=1S/C15H25N/c1-5-7-14-10-9-13(12-16(3)4)11-15(14)8-6-2/h9-11H,5-8,12H2,1-4H3. The molecule has 0 radical (unpaired) electrons. The maximum Gasteiger partial charge on any atom is 0.0227 e. The summed E-state index contributed by atoms with van der Waals surface area (Å²) in [7, 11) is 4.25. The first kappa shape index (κ1) is 13.2. The van der Waals surface area contributed by atoms with E-state index in [1.807, 2.05) is 0 Å². The second-order valence-electron chi connectivity index (χ2n) is 4.84. The first-order valence-electron chi connectivity index (χ1n) is 6.42. The number of benzene rings is 1. The molecule has 1 rings (SSSR count). The summed E-state index contributed by atoms with van der Waals surface area (Å²) in [5.41, 5.74) is 4.55. The number of aryl methyl sites for hydroxylation is 2. The van der Waals surface area contributed by atoms with E-state index < -0.39 is 0 Å². The van der Waals surface area contributed by atoms with E-state index in [0.717, 1.165) is 6.54 Å². The SMILES string of the molecule is CCCc1ccc(CN(C)C)cc1CCC. The van der Waals surface area contributed by atoms with Crippen LogP contribution in [0.3, 0.4) is 0 Å². The van der Waals surface area contributed by atoms with Gasteiger partial charge in [0.1, 0.15) is 0 Å².